The predicted molar refractivity (Wildman–Crippen MR) is 60.2 cm³/mol. The molecule has 1 aliphatic rings. The first kappa shape index (κ1) is 11.2. The molecule has 1 aliphatic carbocycles. The normalized spacial score (nSPS) is 17.5. The van der Waals surface area contributed by atoms with Gasteiger partial charge in [0.15, 0.2) is 5.78 Å². The van der Waals surface area contributed by atoms with Crippen LogP contribution in [0, 0.1) is 0 Å². The van der Waals surface area contributed by atoms with Gasteiger partial charge in [-0.25, -0.2) is 0 Å². The van der Waals surface area contributed by atoms with Gasteiger partial charge in [0.05, 0.1) is 0 Å². The van der Waals surface area contributed by atoms with Crippen molar-refractivity contribution in [2.24, 2.45) is 0 Å². The second-order valence-corrected chi connectivity index (χ2v) is 4.08. The minimum atomic E-state index is 0.287. The van der Waals surface area contributed by atoms with Crippen LogP contribution in [0.25, 0.3) is 0 Å². The first-order chi connectivity index (χ1) is 6.74. The molecule has 0 amide bonds. The Labute approximate surface area is 86.9 Å². The van der Waals surface area contributed by atoms with E-state index in [9.17, 15) is 4.79 Å². The van der Waals surface area contributed by atoms with Crippen LogP contribution >= 0.6 is 0 Å². The summed E-state index contributed by atoms with van der Waals surface area (Å²) in [6.07, 6.45) is 9.54. The third kappa shape index (κ3) is 4.40. The number of unbranched alkanes of at least 4 members (excludes halogenated alkanes) is 4. The first-order valence-corrected chi connectivity index (χ1v) is 5.65. The maximum atomic E-state index is 11.4. The molecule has 0 radical (unpaired) electrons. The third-order valence-electron chi connectivity index (χ3n) is 2.59. The van der Waals surface area contributed by atoms with Gasteiger partial charge in [0.25, 0.3) is 0 Å². The van der Waals surface area contributed by atoms with Gasteiger partial charge in [-0.15, -0.1) is 0 Å². The van der Waals surface area contributed by atoms with Crippen molar-refractivity contribution in [1.29, 1.82) is 0 Å². The molecule has 1 nitrogen and oxygen atoms in total. The lowest BCUT2D eigenvalue weighted by atomic mass is 10.1. The maximum absolute atomic E-state index is 11.4. The van der Waals surface area contributed by atoms with Crippen molar-refractivity contribution in [3.8, 4) is 0 Å². The van der Waals surface area contributed by atoms with Gasteiger partial charge < -0.3 is 0 Å². The average molecular weight is 192 g/mol. The Kier molecular flexibility index (Phi) is 4.64. The summed E-state index contributed by atoms with van der Waals surface area (Å²) >= 11 is 0. The van der Waals surface area contributed by atoms with Gasteiger partial charge in [-0.1, -0.05) is 39.2 Å². The van der Waals surface area contributed by atoms with E-state index >= 15 is 0 Å². The van der Waals surface area contributed by atoms with E-state index in [2.05, 4.69) is 13.5 Å². The second-order valence-electron chi connectivity index (χ2n) is 4.08. The summed E-state index contributed by atoms with van der Waals surface area (Å²) < 4.78 is 0. The number of carbonyl (C=O) groups is 1. The molecule has 1 heteroatoms. The Morgan fingerprint density at radius 1 is 1.36 bits per heavy atom. The monoisotopic (exact) mass is 192 g/mol. The van der Waals surface area contributed by atoms with Gasteiger partial charge in [0.2, 0.25) is 0 Å². The molecule has 0 aromatic rings. The van der Waals surface area contributed by atoms with Crippen LogP contribution < -0.4 is 0 Å². The highest BCUT2D eigenvalue weighted by atomic mass is 16.1. The van der Waals surface area contributed by atoms with Crippen molar-refractivity contribution in [2.75, 3.05) is 0 Å². The molecule has 1 rings (SSSR count). The van der Waals surface area contributed by atoms with Crippen LogP contribution in [0.5, 0.6) is 0 Å². The number of carbonyl (C=O) groups excluding carboxylic acids is 1. The minimum absolute atomic E-state index is 0.287. The molecule has 0 aliphatic heterocycles. The van der Waals surface area contributed by atoms with Gasteiger partial charge in [0.1, 0.15) is 0 Å². The number of hydrogen-bond donors (Lipinski definition) is 0. The largest absolute Gasteiger partial charge is 0.295 e. The van der Waals surface area contributed by atoms with E-state index in [0.717, 1.165) is 24.8 Å². The fourth-order valence-corrected chi connectivity index (χ4v) is 1.51. The number of allylic oxidation sites excluding steroid dienone is 3. The van der Waals surface area contributed by atoms with Crippen LogP contribution in [0.15, 0.2) is 23.8 Å². The fraction of sp³-hybridized carbons (Fsp3) is 0.615. The maximum Gasteiger partial charge on any atom is 0.155 e. The first-order valence-electron chi connectivity index (χ1n) is 5.65. The molecule has 14 heavy (non-hydrogen) atoms. The zero-order valence-corrected chi connectivity index (χ0v) is 9.14. The lowest BCUT2D eigenvalue weighted by Crippen LogP contribution is -1.92. The van der Waals surface area contributed by atoms with Crippen LogP contribution in [0.2, 0.25) is 0 Å². The van der Waals surface area contributed by atoms with Gasteiger partial charge >= 0.3 is 0 Å². The van der Waals surface area contributed by atoms with E-state index in [0.29, 0.717) is 0 Å². The molecule has 0 heterocycles. The summed E-state index contributed by atoms with van der Waals surface area (Å²) in [5.74, 6) is 0.287. The van der Waals surface area contributed by atoms with E-state index in [1.807, 2.05) is 0 Å². The molecule has 0 atom stereocenters. The second kappa shape index (κ2) is 5.79. The average Bonchev–Trinajstić information content (AvgIpc) is 2.81. The standard InChI is InChI=1S/C13H20O/c1-3-4-5-6-7-8-13(14)10-12-9-11(12)2/h10H,2-9H2,1H3/b12-10+. The molecule has 0 bridgehead atoms. The minimum Gasteiger partial charge on any atom is -0.295 e. The molecule has 0 saturated heterocycles. The van der Waals surface area contributed by atoms with Crippen molar-refractivity contribution in [3.05, 3.63) is 23.8 Å². The Morgan fingerprint density at radius 3 is 2.57 bits per heavy atom. The van der Waals surface area contributed by atoms with E-state index in [4.69, 9.17) is 0 Å². The molecule has 0 aromatic carbocycles. The molecule has 78 valence electrons. The van der Waals surface area contributed by atoms with Crippen LogP contribution in [-0.2, 0) is 4.79 Å². The molecule has 1 fully saturated rings. The van der Waals surface area contributed by atoms with Crippen molar-refractivity contribution in [1.82, 2.24) is 0 Å². The Balaban J connectivity index is 2.01. The van der Waals surface area contributed by atoms with Crippen molar-refractivity contribution in [2.45, 2.75) is 51.9 Å². The summed E-state index contributed by atoms with van der Waals surface area (Å²) in [5, 5.41) is 0. The van der Waals surface area contributed by atoms with Crippen LogP contribution in [0.1, 0.15) is 51.9 Å². The molecule has 0 spiro atoms. The fourth-order valence-electron chi connectivity index (χ4n) is 1.51. The smallest absolute Gasteiger partial charge is 0.155 e. The summed E-state index contributed by atoms with van der Waals surface area (Å²) in [4.78, 5) is 11.4. The van der Waals surface area contributed by atoms with Gasteiger partial charge in [0, 0.05) is 6.42 Å². The molecule has 0 aromatic heterocycles. The Morgan fingerprint density at radius 2 is 2.00 bits per heavy atom. The topological polar surface area (TPSA) is 17.1 Å². The molecule has 0 N–H and O–H groups in total. The molecular weight excluding hydrogens is 172 g/mol. The highest BCUT2D eigenvalue weighted by Crippen LogP contribution is 2.34. The number of ketones is 1. The van der Waals surface area contributed by atoms with Crippen LogP contribution in [-0.4, -0.2) is 5.78 Å². The zero-order valence-electron chi connectivity index (χ0n) is 9.14. The van der Waals surface area contributed by atoms with Crippen molar-refractivity contribution < 1.29 is 4.79 Å². The number of rotatable bonds is 7. The van der Waals surface area contributed by atoms with Crippen LogP contribution in [0.4, 0.5) is 0 Å². The molecular formula is C13H20O. The molecule has 1 saturated carbocycles. The lowest BCUT2D eigenvalue weighted by Gasteiger charge is -1.96. The van der Waals surface area contributed by atoms with Gasteiger partial charge in [-0.05, 0) is 30.1 Å². The summed E-state index contributed by atoms with van der Waals surface area (Å²) in [6.45, 7) is 6.00. The van der Waals surface area contributed by atoms with E-state index in [-0.39, 0.29) is 5.78 Å². The number of hydrogen-bond acceptors (Lipinski definition) is 1. The molecule has 0 unspecified atom stereocenters. The third-order valence-corrected chi connectivity index (χ3v) is 2.59. The SMILES string of the molecule is C=C1C/C1=C\C(=O)CCCCCCC. The quantitative estimate of drug-likeness (QED) is 0.443. The Hall–Kier alpha value is -0.850. The summed E-state index contributed by atoms with van der Waals surface area (Å²) in [7, 11) is 0. The highest BCUT2D eigenvalue weighted by Gasteiger charge is 2.18. The lowest BCUT2D eigenvalue weighted by molar-refractivity contribution is -0.114. The zero-order chi connectivity index (χ0) is 10.4. The summed E-state index contributed by atoms with van der Waals surface area (Å²) in [5.41, 5.74) is 2.31. The van der Waals surface area contributed by atoms with Gasteiger partial charge in [-0.3, -0.25) is 4.79 Å². The van der Waals surface area contributed by atoms with Crippen LogP contribution in [0.3, 0.4) is 0 Å². The summed E-state index contributed by atoms with van der Waals surface area (Å²) in [6, 6.07) is 0. The Bertz CT molecular complexity index is 248. The van der Waals surface area contributed by atoms with Gasteiger partial charge in [-0.2, -0.15) is 0 Å². The van der Waals surface area contributed by atoms with Crippen molar-refractivity contribution >= 4 is 5.78 Å². The predicted octanol–water partition coefficient (Wildman–Crippen LogP) is 3.80. The van der Waals surface area contributed by atoms with E-state index in [1.165, 1.54) is 31.3 Å². The van der Waals surface area contributed by atoms with Crippen molar-refractivity contribution in [3.63, 3.8) is 0 Å². The van der Waals surface area contributed by atoms with E-state index in [1.54, 1.807) is 6.08 Å². The van der Waals surface area contributed by atoms with E-state index < -0.39 is 0 Å². The highest BCUT2D eigenvalue weighted by molar-refractivity contribution is 5.92.